The zero-order valence-corrected chi connectivity index (χ0v) is 12.3. The van der Waals surface area contributed by atoms with E-state index < -0.39 is 0 Å². The third-order valence-electron chi connectivity index (χ3n) is 4.75. The summed E-state index contributed by atoms with van der Waals surface area (Å²) in [5.41, 5.74) is 6.64. The van der Waals surface area contributed by atoms with Crippen molar-refractivity contribution in [1.82, 2.24) is 20.2 Å². The Labute approximate surface area is 123 Å². The Morgan fingerprint density at radius 3 is 2.90 bits per heavy atom. The third kappa shape index (κ3) is 2.39. The van der Waals surface area contributed by atoms with E-state index in [1.54, 1.807) is 10.7 Å². The van der Waals surface area contributed by atoms with E-state index in [0.717, 1.165) is 12.8 Å². The van der Waals surface area contributed by atoms with Crippen molar-refractivity contribution in [2.45, 2.75) is 39.2 Å². The molecule has 6 heteroatoms. The molecular weight excluding hydrogens is 269 g/mol. The molecule has 1 aromatic carbocycles. The van der Waals surface area contributed by atoms with Crippen LogP contribution in [0.4, 0.5) is 10.1 Å². The first-order valence-corrected chi connectivity index (χ1v) is 7.45. The quantitative estimate of drug-likeness (QED) is 0.882. The number of benzene rings is 1. The van der Waals surface area contributed by atoms with Crippen LogP contribution < -0.4 is 5.73 Å². The molecule has 3 unspecified atom stereocenters. The fraction of sp³-hybridized carbons (Fsp3) is 0.533. The van der Waals surface area contributed by atoms with Crippen molar-refractivity contribution in [3.8, 4) is 11.4 Å². The molecule has 5 nitrogen and oxygen atoms in total. The van der Waals surface area contributed by atoms with Gasteiger partial charge in [-0.3, -0.25) is 0 Å². The van der Waals surface area contributed by atoms with Crippen LogP contribution in [0.3, 0.4) is 0 Å². The number of hydrogen-bond donors (Lipinski definition) is 1. The lowest BCUT2D eigenvalue weighted by Crippen LogP contribution is -2.18. The molecular formula is C15H20FN5. The number of rotatable bonds is 3. The monoisotopic (exact) mass is 289 g/mol. The number of halogens is 1. The highest BCUT2D eigenvalue weighted by atomic mass is 19.1. The van der Waals surface area contributed by atoms with E-state index in [-0.39, 0.29) is 11.9 Å². The lowest BCUT2D eigenvalue weighted by Gasteiger charge is -2.20. The van der Waals surface area contributed by atoms with Crippen LogP contribution in [-0.4, -0.2) is 20.2 Å². The molecule has 0 aliphatic heterocycles. The van der Waals surface area contributed by atoms with Crippen LogP contribution in [-0.2, 0) is 0 Å². The summed E-state index contributed by atoms with van der Waals surface area (Å²) in [5, 5.41) is 11.9. The predicted molar refractivity (Wildman–Crippen MR) is 78.8 cm³/mol. The first kappa shape index (κ1) is 14.0. The van der Waals surface area contributed by atoms with Crippen molar-refractivity contribution in [3.05, 3.63) is 24.0 Å². The number of nitrogen functional groups attached to an aromatic ring is 1. The molecule has 0 spiro atoms. The van der Waals surface area contributed by atoms with Gasteiger partial charge < -0.3 is 5.73 Å². The summed E-state index contributed by atoms with van der Waals surface area (Å²) in [6, 6.07) is 4.71. The van der Waals surface area contributed by atoms with Crippen LogP contribution in [0.15, 0.2) is 18.2 Å². The normalized spacial score (nSPS) is 25.4. The average Bonchev–Trinajstić information content (AvgIpc) is 3.07. The Morgan fingerprint density at radius 2 is 2.19 bits per heavy atom. The molecule has 1 aromatic heterocycles. The minimum Gasteiger partial charge on any atom is -0.399 e. The maximum Gasteiger partial charge on any atom is 0.185 e. The van der Waals surface area contributed by atoms with E-state index in [0.29, 0.717) is 28.9 Å². The van der Waals surface area contributed by atoms with Crippen LogP contribution in [0.2, 0.25) is 0 Å². The van der Waals surface area contributed by atoms with E-state index in [9.17, 15) is 4.39 Å². The Hall–Kier alpha value is -1.98. The van der Waals surface area contributed by atoms with Gasteiger partial charge in [-0.25, -0.2) is 9.07 Å². The van der Waals surface area contributed by atoms with Crippen LogP contribution in [0, 0.1) is 17.7 Å². The van der Waals surface area contributed by atoms with Gasteiger partial charge in [0.2, 0.25) is 0 Å². The maximum atomic E-state index is 14.1. The Balaban J connectivity index is 2.00. The molecule has 3 rings (SSSR count). The van der Waals surface area contributed by atoms with Gasteiger partial charge in [0.05, 0.1) is 11.6 Å². The van der Waals surface area contributed by atoms with Gasteiger partial charge in [-0.15, -0.1) is 5.10 Å². The van der Waals surface area contributed by atoms with Gasteiger partial charge in [-0.1, -0.05) is 20.3 Å². The van der Waals surface area contributed by atoms with E-state index in [4.69, 9.17) is 5.73 Å². The van der Waals surface area contributed by atoms with Crippen molar-refractivity contribution >= 4 is 5.69 Å². The van der Waals surface area contributed by atoms with E-state index in [2.05, 4.69) is 29.4 Å². The summed E-state index contributed by atoms with van der Waals surface area (Å²) in [5.74, 6) is 1.28. The molecule has 1 aliphatic rings. The second-order valence-corrected chi connectivity index (χ2v) is 5.86. The molecule has 21 heavy (non-hydrogen) atoms. The zero-order valence-electron chi connectivity index (χ0n) is 12.3. The summed E-state index contributed by atoms with van der Waals surface area (Å²) >= 11 is 0. The van der Waals surface area contributed by atoms with E-state index >= 15 is 0 Å². The number of aromatic nitrogens is 4. The first-order valence-electron chi connectivity index (χ1n) is 7.45. The van der Waals surface area contributed by atoms with E-state index in [1.807, 2.05) is 0 Å². The topological polar surface area (TPSA) is 69.6 Å². The maximum absolute atomic E-state index is 14.1. The highest BCUT2D eigenvalue weighted by Crippen LogP contribution is 2.42. The van der Waals surface area contributed by atoms with Gasteiger partial charge in [0.1, 0.15) is 5.82 Å². The molecule has 2 aromatic rings. The summed E-state index contributed by atoms with van der Waals surface area (Å²) in [6.45, 7) is 4.44. The Bertz CT molecular complexity index is 639. The third-order valence-corrected chi connectivity index (χ3v) is 4.75. The first-order chi connectivity index (χ1) is 10.1. The molecule has 0 bridgehead atoms. The van der Waals surface area contributed by atoms with Gasteiger partial charge >= 0.3 is 0 Å². The number of hydrogen-bond acceptors (Lipinski definition) is 4. The van der Waals surface area contributed by atoms with Crippen LogP contribution in [0.25, 0.3) is 11.4 Å². The highest BCUT2D eigenvalue weighted by Gasteiger charge is 2.35. The largest absolute Gasteiger partial charge is 0.399 e. The van der Waals surface area contributed by atoms with Crippen molar-refractivity contribution in [2.24, 2.45) is 11.8 Å². The van der Waals surface area contributed by atoms with Gasteiger partial charge in [0.15, 0.2) is 5.82 Å². The molecule has 3 atom stereocenters. The van der Waals surface area contributed by atoms with Crippen molar-refractivity contribution < 1.29 is 4.39 Å². The predicted octanol–water partition coefficient (Wildman–Crippen LogP) is 3.06. The smallest absolute Gasteiger partial charge is 0.185 e. The SMILES string of the molecule is CCC1CCC(n2nnnc2-c2cc(N)ccc2F)C1C. The fourth-order valence-electron chi connectivity index (χ4n) is 3.45. The lowest BCUT2D eigenvalue weighted by molar-refractivity contribution is 0.310. The summed E-state index contributed by atoms with van der Waals surface area (Å²) in [6.07, 6.45) is 3.35. The number of tetrazole rings is 1. The molecule has 1 saturated carbocycles. The number of nitrogens with two attached hydrogens (primary N) is 1. The molecule has 1 aliphatic carbocycles. The number of anilines is 1. The minimum atomic E-state index is -0.349. The van der Waals surface area contributed by atoms with Gasteiger partial charge in [-0.2, -0.15) is 0 Å². The summed E-state index contributed by atoms with van der Waals surface area (Å²) in [7, 11) is 0. The molecule has 112 valence electrons. The second-order valence-electron chi connectivity index (χ2n) is 5.86. The van der Waals surface area contributed by atoms with Crippen molar-refractivity contribution in [3.63, 3.8) is 0 Å². The molecule has 0 amide bonds. The van der Waals surface area contributed by atoms with Crippen LogP contribution in [0.1, 0.15) is 39.2 Å². The number of nitrogens with zero attached hydrogens (tertiary/aromatic N) is 4. The minimum absolute atomic E-state index is 0.223. The van der Waals surface area contributed by atoms with E-state index in [1.165, 1.54) is 18.6 Å². The highest BCUT2D eigenvalue weighted by molar-refractivity contribution is 5.61. The second kappa shape index (κ2) is 5.42. The average molecular weight is 289 g/mol. The summed E-state index contributed by atoms with van der Waals surface area (Å²) in [4.78, 5) is 0. The van der Waals surface area contributed by atoms with Crippen LogP contribution in [0.5, 0.6) is 0 Å². The Morgan fingerprint density at radius 1 is 1.38 bits per heavy atom. The molecule has 2 N–H and O–H groups in total. The Kier molecular flexibility index (Phi) is 3.61. The standard InChI is InChI=1S/C15H20FN5/c1-3-10-4-7-14(9(10)2)21-15(18-19-20-21)12-8-11(17)5-6-13(12)16/h5-6,8-10,14H,3-4,7,17H2,1-2H3. The fourth-order valence-corrected chi connectivity index (χ4v) is 3.45. The van der Waals surface area contributed by atoms with Crippen molar-refractivity contribution in [2.75, 3.05) is 5.73 Å². The van der Waals surface area contributed by atoms with Crippen molar-refractivity contribution in [1.29, 1.82) is 0 Å². The molecule has 0 saturated heterocycles. The van der Waals surface area contributed by atoms with Gasteiger partial charge in [-0.05, 0) is 53.3 Å². The van der Waals surface area contributed by atoms with Gasteiger partial charge in [0, 0.05) is 5.69 Å². The zero-order chi connectivity index (χ0) is 15.0. The van der Waals surface area contributed by atoms with Crippen LogP contribution >= 0.6 is 0 Å². The summed E-state index contributed by atoms with van der Waals surface area (Å²) < 4.78 is 15.9. The molecule has 1 heterocycles. The molecule has 0 radical (unpaired) electrons. The molecule has 1 fully saturated rings. The lowest BCUT2D eigenvalue weighted by atomic mass is 9.93. The van der Waals surface area contributed by atoms with Gasteiger partial charge in [0.25, 0.3) is 0 Å².